The number of rotatable bonds is 4. The quantitative estimate of drug-likeness (QED) is 0.587. The number of hydrogen-bond donors (Lipinski definition) is 3. The fourth-order valence-corrected chi connectivity index (χ4v) is 3.14. The summed E-state index contributed by atoms with van der Waals surface area (Å²) >= 11 is 0. The van der Waals surface area contributed by atoms with E-state index in [-0.39, 0.29) is 17.4 Å². The molecule has 10 heteroatoms. The van der Waals surface area contributed by atoms with Gasteiger partial charge in [0.05, 0.1) is 12.0 Å². The molecule has 0 radical (unpaired) electrons. The van der Waals surface area contributed by atoms with E-state index in [1.807, 2.05) is 0 Å². The zero-order chi connectivity index (χ0) is 22.4. The second kappa shape index (κ2) is 9.53. The van der Waals surface area contributed by atoms with E-state index in [2.05, 4.69) is 15.0 Å². The molecular formula is C21H21N5O5. The first-order valence-corrected chi connectivity index (χ1v) is 9.49. The maximum absolute atomic E-state index is 12.0. The number of hydrogen-bond acceptors (Lipinski definition) is 5. The second-order valence-corrected chi connectivity index (χ2v) is 6.68. The number of carbonyl (C=O) groups excluding carboxylic acids is 2. The van der Waals surface area contributed by atoms with Gasteiger partial charge in [-0.1, -0.05) is 12.1 Å². The van der Waals surface area contributed by atoms with Crippen molar-refractivity contribution in [1.82, 2.24) is 20.0 Å². The minimum Gasteiger partial charge on any atom is -0.477 e. The van der Waals surface area contributed by atoms with Gasteiger partial charge >= 0.3 is 5.97 Å². The molecule has 0 spiro atoms. The highest BCUT2D eigenvalue weighted by molar-refractivity contribution is 5.95. The smallest absolute Gasteiger partial charge is 0.341 e. The molecule has 0 saturated carbocycles. The Morgan fingerprint density at radius 3 is 2.32 bits per heavy atom. The molecule has 0 unspecified atom stereocenters. The fraction of sp³-hybridized carbons (Fsp3) is 0.190. The Hall–Kier alpha value is -4.21. The van der Waals surface area contributed by atoms with Crippen LogP contribution in [0.2, 0.25) is 0 Å². The van der Waals surface area contributed by atoms with Crippen LogP contribution in [0.25, 0.3) is 11.3 Å². The first-order valence-electron chi connectivity index (χ1n) is 9.49. The number of pyridine rings is 1. The zero-order valence-corrected chi connectivity index (χ0v) is 16.7. The van der Waals surface area contributed by atoms with Crippen LogP contribution in [0.4, 0.5) is 5.69 Å². The molecule has 2 aromatic heterocycles. The molecule has 0 bridgehead atoms. The molecule has 31 heavy (non-hydrogen) atoms. The standard InChI is InChI=1S/C18H17N3O5.C3H4N2/c1-11(22)21(20-10-2-3-16(20)23)13-6-4-12(5-7-13)15-9-8-14(18(25)26)17(24)19-15;1-2-5-3-4-1/h4-9H,2-3,10H2,1H3,(H,19,24)(H,25,26);1-3H,(H,4,5). The maximum atomic E-state index is 12.0. The SMILES string of the molecule is CC(=O)N(c1ccc(-c2ccc(C(=O)O)c(=O)[nH]2)cc1)N1CCCC1=O.c1c[nH]cn1. The third-order valence-corrected chi connectivity index (χ3v) is 4.56. The summed E-state index contributed by atoms with van der Waals surface area (Å²) in [6.07, 6.45) is 6.21. The minimum absolute atomic E-state index is 0.0992. The lowest BCUT2D eigenvalue weighted by Crippen LogP contribution is -2.46. The van der Waals surface area contributed by atoms with Crippen LogP contribution in [0, 0.1) is 0 Å². The van der Waals surface area contributed by atoms with Gasteiger partial charge in [-0.2, -0.15) is 0 Å². The normalized spacial score (nSPS) is 12.8. The molecule has 1 saturated heterocycles. The predicted molar refractivity (Wildman–Crippen MR) is 112 cm³/mol. The number of nitrogens with zero attached hydrogens (tertiary/aromatic N) is 3. The van der Waals surface area contributed by atoms with Crippen LogP contribution >= 0.6 is 0 Å². The van der Waals surface area contributed by atoms with Gasteiger partial charge in [-0.3, -0.25) is 14.4 Å². The third kappa shape index (κ3) is 5.04. The van der Waals surface area contributed by atoms with Crippen molar-refractivity contribution in [3.63, 3.8) is 0 Å². The van der Waals surface area contributed by atoms with Crippen molar-refractivity contribution in [2.45, 2.75) is 19.8 Å². The summed E-state index contributed by atoms with van der Waals surface area (Å²) in [5.74, 6) is -1.66. The van der Waals surface area contributed by atoms with Gasteiger partial charge in [-0.15, -0.1) is 0 Å². The van der Waals surface area contributed by atoms with Crippen LogP contribution in [0.3, 0.4) is 0 Å². The Labute approximate surface area is 177 Å². The number of hydrazine groups is 1. The molecule has 10 nitrogen and oxygen atoms in total. The van der Waals surface area contributed by atoms with E-state index in [9.17, 15) is 19.2 Å². The number of imidazole rings is 1. The van der Waals surface area contributed by atoms with E-state index in [1.54, 1.807) is 43.0 Å². The number of anilines is 1. The molecular weight excluding hydrogens is 402 g/mol. The first kappa shape index (κ1) is 21.5. The lowest BCUT2D eigenvalue weighted by atomic mass is 10.1. The molecule has 1 aliphatic rings. The Balaban J connectivity index is 0.000000478. The van der Waals surface area contributed by atoms with Crippen molar-refractivity contribution < 1.29 is 19.5 Å². The van der Waals surface area contributed by atoms with E-state index in [0.29, 0.717) is 36.3 Å². The number of benzene rings is 1. The van der Waals surface area contributed by atoms with Crippen LogP contribution in [-0.4, -0.2) is 49.4 Å². The zero-order valence-electron chi connectivity index (χ0n) is 16.7. The second-order valence-electron chi connectivity index (χ2n) is 6.68. The van der Waals surface area contributed by atoms with Gasteiger partial charge in [-0.25, -0.2) is 19.8 Å². The van der Waals surface area contributed by atoms with Crippen LogP contribution in [0.5, 0.6) is 0 Å². The average Bonchev–Trinajstić information content (AvgIpc) is 3.44. The number of carboxylic acids is 1. The topological polar surface area (TPSA) is 139 Å². The number of nitrogens with one attached hydrogen (secondary N) is 2. The molecule has 3 heterocycles. The van der Waals surface area contributed by atoms with Gasteiger partial charge in [-0.05, 0) is 36.2 Å². The molecule has 1 aromatic carbocycles. The highest BCUT2D eigenvalue weighted by Crippen LogP contribution is 2.25. The number of aromatic amines is 2. The van der Waals surface area contributed by atoms with Gasteiger partial charge in [0.25, 0.3) is 5.56 Å². The first-order chi connectivity index (χ1) is 14.9. The van der Waals surface area contributed by atoms with Gasteiger partial charge in [0.1, 0.15) is 5.56 Å². The van der Waals surface area contributed by atoms with Gasteiger partial charge in [0.2, 0.25) is 11.8 Å². The summed E-state index contributed by atoms with van der Waals surface area (Å²) in [6, 6.07) is 9.48. The van der Waals surface area contributed by atoms with Crippen LogP contribution < -0.4 is 10.6 Å². The van der Waals surface area contributed by atoms with Crippen molar-refractivity contribution in [3.8, 4) is 11.3 Å². The van der Waals surface area contributed by atoms with Gasteiger partial charge < -0.3 is 15.1 Å². The highest BCUT2D eigenvalue weighted by Gasteiger charge is 2.29. The number of carboxylic acid groups (broad SMARTS) is 1. The van der Waals surface area contributed by atoms with Crippen LogP contribution in [0.1, 0.15) is 30.1 Å². The molecule has 160 valence electrons. The van der Waals surface area contributed by atoms with E-state index in [0.717, 1.165) is 0 Å². The van der Waals surface area contributed by atoms with Gasteiger partial charge in [0.15, 0.2) is 0 Å². The molecule has 2 amide bonds. The van der Waals surface area contributed by atoms with Gasteiger partial charge in [0, 0.05) is 38.0 Å². The van der Waals surface area contributed by atoms with E-state index >= 15 is 0 Å². The summed E-state index contributed by atoms with van der Waals surface area (Å²) in [6.45, 7) is 1.88. The van der Waals surface area contributed by atoms with E-state index in [1.165, 1.54) is 29.1 Å². The van der Waals surface area contributed by atoms with Crippen molar-refractivity contribution >= 4 is 23.5 Å². The summed E-state index contributed by atoms with van der Waals surface area (Å²) in [5.41, 5.74) is 0.631. The molecule has 3 N–H and O–H groups in total. The summed E-state index contributed by atoms with van der Waals surface area (Å²) < 4.78 is 0. The summed E-state index contributed by atoms with van der Waals surface area (Å²) in [5, 5.41) is 11.7. The van der Waals surface area contributed by atoms with E-state index in [4.69, 9.17) is 5.11 Å². The number of H-pyrrole nitrogens is 2. The van der Waals surface area contributed by atoms with Crippen molar-refractivity contribution in [1.29, 1.82) is 0 Å². The van der Waals surface area contributed by atoms with Crippen molar-refractivity contribution in [3.05, 3.63) is 71.0 Å². The monoisotopic (exact) mass is 423 g/mol. The Morgan fingerprint density at radius 2 is 1.87 bits per heavy atom. The maximum Gasteiger partial charge on any atom is 0.341 e. The lowest BCUT2D eigenvalue weighted by Gasteiger charge is -2.30. The fourth-order valence-electron chi connectivity index (χ4n) is 3.14. The largest absolute Gasteiger partial charge is 0.477 e. The molecule has 0 atom stereocenters. The minimum atomic E-state index is -1.29. The predicted octanol–water partition coefficient (Wildman–Crippen LogP) is 2.04. The van der Waals surface area contributed by atoms with Crippen molar-refractivity contribution in [2.24, 2.45) is 0 Å². The van der Waals surface area contributed by atoms with Crippen LogP contribution in [-0.2, 0) is 9.59 Å². The molecule has 3 aromatic rings. The molecule has 4 rings (SSSR count). The lowest BCUT2D eigenvalue weighted by molar-refractivity contribution is -0.133. The van der Waals surface area contributed by atoms with Crippen molar-refractivity contribution in [2.75, 3.05) is 11.6 Å². The number of carbonyl (C=O) groups is 3. The summed E-state index contributed by atoms with van der Waals surface area (Å²) in [4.78, 5) is 55.6. The number of amides is 2. The molecule has 1 aliphatic heterocycles. The Bertz CT molecular complexity index is 1100. The van der Waals surface area contributed by atoms with E-state index < -0.39 is 11.5 Å². The molecule has 1 fully saturated rings. The average molecular weight is 423 g/mol. The highest BCUT2D eigenvalue weighted by atomic mass is 16.4. The molecule has 0 aliphatic carbocycles. The number of aromatic nitrogens is 3. The Kier molecular flexibility index (Phi) is 6.61. The summed E-state index contributed by atoms with van der Waals surface area (Å²) in [7, 11) is 0. The third-order valence-electron chi connectivity index (χ3n) is 4.56. The Morgan fingerprint density at radius 1 is 1.13 bits per heavy atom. The number of aromatic carboxylic acids is 1. The van der Waals surface area contributed by atoms with Crippen LogP contribution in [0.15, 0.2) is 59.9 Å².